The fraction of sp³-hybridized carbons (Fsp3) is 0.167. The number of fused-ring (bicyclic) bond motifs is 1. The molecule has 23 heavy (non-hydrogen) atoms. The third-order valence-corrected chi connectivity index (χ3v) is 3.61. The van der Waals surface area contributed by atoms with Gasteiger partial charge in [0.05, 0.1) is 7.11 Å². The molecule has 0 aliphatic carbocycles. The molecule has 1 aromatic heterocycles. The molecule has 3 rings (SSSR count). The smallest absolute Gasteiger partial charge is 0.341 e. The van der Waals surface area contributed by atoms with E-state index < -0.39 is 11.8 Å². The first kappa shape index (κ1) is 15.2. The van der Waals surface area contributed by atoms with Crippen molar-refractivity contribution in [2.24, 2.45) is 0 Å². The highest BCUT2D eigenvalue weighted by Gasteiger charge is 2.17. The zero-order chi connectivity index (χ0) is 16.4. The Morgan fingerprint density at radius 1 is 1.22 bits per heavy atom. The Hall–Kier alpha value is -2.66. The third kappa shape index (κ3) is 2.96. The molecule has 0 radical (unpaired) electrons. The SMILES string of the molecule is CNCc1ccc(-c2cc3cc(F)cc(C(=O)OC)c3o2)cc1. The van der Waals surface area contributed by atoms with Gasteiger partial charge in [0, 0.05) is 17.5 Å². The van der Waals surface area contributed by atoms with Gasteiger partial charge in [0.25, 0.3) is 0 Å². The molecule has 0 spiro atoms. The van der Waals surface area contributed by atoms with Crippen LogP contribution in [-0.4, -0.2) is 20.1 Å². The number of carbonyl (C=O) groups excluding carboxylic acids is 1. The van der Waals surface area contributed by atoms with E-state index in [-0.39, 0.29) is 5.56 Å². The highest BCUT2D eigenvalue weighted by Crippen LogP contribution is 2.31. The molecular formula is C18H16FNO3. The van der Waals surface area contributed by atoms with Crippen molar-refractivity contribution in [1.82, 2.24) is 5.32 Å². The highest BCUT2D eigenvalue weighted by atomic mass is 19.1. The van der Waals surface area contributed by atoms with Crippen molar-refractivity contribution >= 4 is 16.9 Å². The number of benzene rings is 2. The monoisotopic (exact) mass is 313 g/mol. The summed E-state index contributed by atoms with van der Waals surface area (Å²) in [6, 6.07) is 12.0. The summed E-state index contributed by atoms with van der Waals surface area (Å²) in [6.45, 7) is 0.776. The summed E-state index contributed by atoms with van der Waals surface area (Å²) in [5.41, 5.74) is 2.42. The second-order valence-corrected chi connectivity index (χ2v) is 5.20. The zero-order valence-corrected chi connectivity index (χ0v) is 12.9. The average Bonchev–Trinajstić information content (AvgIpc) is 2.98. The van der Waals surface area contributed by atoms with E-state index in [0.717, 1.165) is 23.7 Å². The first-order chi connectivity index (χ1) is 11.1. The molecule has 0 aliphatic heterocycles. The summed E-state index contributed by atoms with van der Waals surface area (Å²) in [5, 5.41) is 3.61. The normalized spacial score (nSPS) is 10.9. The van der Waals surface area contributed by atoms with Crippen LogP contribution >= 0.6 is 0 Å². The van der Waals surface area contributed by atoms with E-state index in [1.807, 2.05) is 31.3 Å². The van der Waals surface area contributed by atoms with Crippen LogP contribution in [0.1, 0.15) is 15.9 Å². The zero-order valence-electron chi connectivity index (χ0n) is 12.9. The lowest BCUT2D eigenvalue weighted by Gasteiger charge is -2.02. The van der Waals surface area contributed by atoms with Crippen molar-refractivity contribution < 1.29 is 18.3 Å². The average molecular weight is 313 g/mol. The van der Waals surface area contributed by atoms with E-state index in [2.05, 4.69) is 10.1 Å². The minimum absolute atomic E-state index is 0.0838. The third-order valence-electron chi connectivity index (χ3n) is 3.61. The van der Waals surface area contributed by atoms with Gasteiger partial charge in [-0.25, -0.2) is 9.18 Å². The van der Waals surface area contributed by atoms with E-state index in [0.29, 0.717) is 16.7 Å². The molecule has 5 heteroatoms. The van der Waals surface area contributed by atoms with Crippen LogP contribution in [0.15, 0.2) is 46.9 Å². The van der Waals surface area contributed by atoms with Crippen LogP contribution in [0.3, 0.4) is 0 Å². The number of hydrogen-bond acceptors (Lipinski definition) is 4. The highest BCUT2D eigenvalue weighted by molar-refractivity contribution is 6.03. The summed E-state index contributed by atoms with van der Waals surface area (Å²) in [6.07, 6.45) is 0. The lowest BCUT2D eigenvalue weighted by atomic mass is 10.1. The molecule has 2 aromatic carbocycles. The molecule has 0 bridgehead atoms. The van der Waals surface area contributed by atoms with Gasteiger partial charge in [-0.2, -0.15) is 0 Å². The number of esters is 1. The van der Waals surface area contributed by atoms with E-state index in [1.165, 1.54) is 13.2 Å². The number of rotatable bonds is 4. The topological polar surface area (TPSA) is 51.5 Å². The molecule has 0 atom stereocenters. The molecule has 3 aromatic rings. The molecule has 118 valence electrons. The van der Waals surface area contributed by atoms with Crippen LogP contribution in [0.4, 0.5) is 4.39 Å². The number of hydrogen-bond donors (Lipinski definition) is 1. The summed E-state index contributed by atoms with van der Waals surface area (Å²) < 4.78 is 24.2. The van der Waals surface area contributed by atoms with Crippen LogP contribution in [0, 0.1) is 5.82 Å². The van der Waals surface area contributed by atoms with Gasteiger partial charge in [-0.3, -0.25) is 0 Å². The molecule has 0 fully saturated rings. The Morgan fingerprint density at radius 2 is 1.96 bits per heavy atom. The van der Waals surface area contributed by atoms with Crippen molar-refractivity contribution in [3.8, 4) is 11.3 Å². The van der Waals surface area contributed by atoms with E-state index >= 15 is 0 Å². The first-order valence-corrected chi connectivity index (χ1v) is 7.17. The molecule has 1 N–H and O–H groups in total. The van der Waals surface area contributed by atoms with Gasteiger partial charge in [-0.05, 0) is 30.8 Å². The van der Waals surface area contributed by atoms with Crippen molar-refractivity contribution in [2.75, 3.05) is 14.2 Å². The molecule has 0 saturated carbocycles. The van der Waals surface area contributed by atoms with Crippen molar-refractivity contribution in [3.63, 3.8) is 0 Å². The van der Waals surface area contributed by atoms with Gasteiger partial charge in [0.15, 0.2) is 0 Å². The Bertz CT molecular complexity index is 853. The largest absolute Gasteiger partial charge is 0.465 e. The van der Waals surface area contributed by atoms with Crippen molar-refractivity contribution in [3.05, 3.63) is 59.4 Å². The molecule has 0 aliphatic rings. The van der Waals surface area contributed by atoms with E-state index in [9.17, 15) is 9.18 Å². The number of carbonyl (C=O) groups is 1. The number of nitrogens with one attached hydrogen (secondary N) is 1. The van der Waals surface area contributed by atoms with Crippen LogP contribution in [0.25, 0.3) is 22.3 Å². The van der Waals surface area contributed by atoms with Crippen LogP contribution in [0.2, 0.25) is 0 Å². The lowest BCUT2D eigenvalue weighted by molar-refractivity contribution is 0.0601. The summed E-state index contributed by atoms with van der Waals surface area (Å²) in [7, 11) is 3.14. The molecule has 0 saturated heterocycles. The first-order valence-electron chi connectivity index (χ1n) is 7.17. The molecular weight excluding hydrogens is 297 g/mol. The van der Waals surface area contributed by atoms with Gasteiger partial charge in [-0.15, -0.1) is 0 Å². The van der Waals surface area contributed by atoms with Gasteiger partial charge in [0.2, 0.25) is 0 Å². The maximum Gasteiger partial charge on any atom is 0.341 e. The van der Waals surface area contributed by atoms with Gasteiger partial charge >= 0.3 is 5.97 Å². The molecule has 0 unspecified atom stereocenters. The van der Waals surface area contributed by atoms with Crippen LogP contribution in [-0.2, 0) is 11.3 Å². The Kier molecular flexibility index (Phi) is 4.12. The maximum absolute atomic E-state index is 13.7. The maximum atomic E-state index is 13.7. The Morgan fingerprint density at radius 3 is 2.61 bits per heavy atom. The Labute approximate surface area is 132 Å². The second kappa shape index (κ2) is 6.22. The minimum Gasteiger partial charge on any atom is -0.465 e. The predicted molar refractivity (Wildman–Crippen MR) is 85.7 cm³/mol. The van der Waals surface area contributed by atoms with Gasteiger partial charge in [-0.1, -0.05) is 24.3 Å². The standard InChI is InChI=1S/C18H16FNO3/c1-20-10-11-3-5-12(6-4-11)16-8-13-7-14(19)9-15(17(13)23-16)18(21)22-2/h3-9,20H,10H2,1-2H3. The summed E-state index contributed by atoms with van der Waals surface area (Å²) in [4.78, 5) is 11.8. The second-order valence-electron chi connectivity index (χ2n) is 5.20. The van der Waals surface area contributed by atoms with E-state index in [1.54, 1.807) is 6.07 Å². The molecule has 0 amide bonds. The number of ether oxygens (including phenoxy) is 1. The number of methoxy groups -OCH3 is 1. The van der Waals surface area contributed by atoms with Crippen LogP contribution in [0.5, 0.6) is 0 Å². The quantitative estimate of drug-likeness (QED) is 0.745. The number of furan rings is 1. The van der Waals surface area contributed by atoms with Gasteiger partial charge < -0.3 is 14.5 Å². The molecule has 1 heterocycles. The van der Waals surface area contributed by atoms with Crippen molar-refractivity contribution in [1.29, 1.82) is 0 Å². The lowest BCUT2D eigenvalue weighted by Crippen LogP contribution is -2.04. The van der Waals surface area contributed by atoms with Crippen molar-refractivity contribution in [2.45, 2.75) is 6.54 Å². The number of halogens is 1. The molecule has 4 nitrogen and oxygen atoms in total. The van der Waals surface area contributed by atoms with E-state index in [4.69, 9.17) is 4.42 Å². The summed E-state index contributed by atoms with van der Waals surface area (Å²) >= 11 is 0. The fourth-order valence-corrected chi connectivity index (χ4v) is 2.51. The Balaban J connectivity index is 2.07. The van der Waals surface area contributed by atoms with Gasteiger partial charge in [0.1, 0.15) is 22.7 Å². The summed E-state index contributed by atoms with van der Waals surface area (Å²) in [5.74, 6) is -0.554. The predicted octanol–water partition coefficient (Wildman–Crippen LogP) is 3.74. The van der Waals surface area contributed by atoms with Crippen LogP contribution < -0.4 is 5.32 Å². The fourth-order valence-electron chi connectivity index (χ4n) is 2.51. The minimum atomic E-state index is -0.625.